The number of halogens is 1. The molecule has 9 nitrogen and oxygen atoms in total. The van der Waals surface area contributed by atoms with Gasteiger partial charge in [0.25, 0.3) is 0 Å². The first-order valence-electron chi connectivity index (χ1n) is 8.59. The lowest BCUT2D eigenvalue weighted by Crippen LogP contribution is -2.43. The number of nitrogens with one attached hydrogen (secondary N) is 3. The highest BCUT2D eigenvalue weighted by molar-refractivity contribution is 14.0. The smallest absolute Gasteiger partial charge is 0.407 e. The Kier molecular flexibility index (Phi) is 9.26. The molecule has 0 bridgehead atoms. The molecule has 3 N–H and O–H groups in total. The van der Waals surface area contributed by atoms with E-state index in [1.165, 1.54) is 0 Å². The summed E-state index contributed by atoms with van der Waals surface area (Å²) in [4.78, 5) is 15.7. The van der Waals surface area contributed by atoms with Gasteiger partial charge in [-0.2, -0.15) is 0 Å². The molecule has 0 aliphatic heterocycles. The summed E-state index contributed by atoms with van der Waals surface area (Å²) in [6, 6.07) is 5.80. The molecule has 10 heteroatoms. The van der Waals surface area contributed by atoms with Crippen molar-refractivity contribution in [2.24, 2.45) is 4.99 Å². The number of nitrogens with zero attached hydrogens (tertiary/aromatic N) is 4. The largest absolute Gasteiger partial charge is 0.444 e. The van der Waals surface area contributed by atoms with Gasteiger partial charge >= 0.3 is 6.09 Å². The van der Waals surface area contributed by atoms with Crippen molar-refractivity contribution in [1.82, 2.24) is 30.5 Å². The van der Waals surface area contributed by atoms with E-state index in [9.17, 15) is 4.79 Å². The van der Waals surface area contributed by atoms with E-state index in [2.05, 4.69) is 31.1 Å². The summed E-state index contributed by atoms with van der Waals surface area (Å²) in [6.45, 7) is 7.12. The van der Waals surface area contributed by atoms with Gasteiger partial charge in [0.15, 0.2) is 11.6 Å². The van der Waals surface area contributed by atoms with Gasteiger partial charge < -0.3 is 20.7 Å². The van der Waals surface area contributed by atoms with Crippen LogP contribution < -0.4 is 16.0 Å². The molecule has 0 aliphatic carbocycles. The lowest BCUT2D eigenvalue weighted by atomic mass is 10.2. The molecular weight excluding hydrogens is 461 g/mol. The van der Waals surface area contributed by atoms with Crippen molar-refractivity contribution in [1.29, 1.82) is 0 Å². The highest BCUT2D eigenvalue weighted by Gasteiger charge is 2.15. The fraction of sp³-hybridized carbons (Fsp3) is 0.529. The molecule has 0 fully saturated rings. The molecule has 2 aromatic rings. The van der Waals surface area contributed by atoms with Crippen LogP contribution in [-0.4, -0.2) is 58.9 Å². The first kappa shape index (κ1) is 22.9. The summed E-state index contributed by atoms with van der Waals surface area (Å²) in [6.07, 6.45) is 2.23. The van der Waals surface area contributed by atoms with Gasteiger partial charge in [0.2, 0.25) is 0 Å². The molecule has 0 aliphatic rings. The zero-order valence-electron chi connectivity index (χ0n) is 16.2. The van der Waals surface area contributed by atoms with E-state index in [0.29, 0.717) is 32.0 Å². The fourth-order valence-corrected chi connectivity index (χ4v) is 2.23. The number of rotatable bonds is 6. The lowest BCUT2D eigenvalue weighted by Gasteiger charge is -2.19. The monoisotopic (exact) mass is 489 g/mol. The maximum atomic E-state index is 11.6. The number of aliphatic imine (C=N–C) groups is 1. The summed E-state index contributed by atoms with van der Waals surface area (Å²) in [5.41, 5.74) is 0.333. The maximum Gasteiger partial charge on any atom is 0.407 e. The Morgan fingerprint density at radius 3 is 2.56 bits per heavy atom. The van der Waals surface area contributed by atoms with E-state index in [0.717, 1.165) is 11.5 Å². The van der Waals surface area contributed by atoms with E-state index >= 15 is 0 Å². The topological polar surface area (TPSA) is 105 Å². The van der Waals surface area contributed by atoms with Crippen molar-refractivity contribution in [3.63, 3.8) is 0 Å². The quantitative estimate of drug-likeness (QED) is 0.246. The third-order valence-corrected chi connectivity index (χ3v) is 3.33. The Morgan fingerprint density at radius 2 is 1.85 bits per heavy atom. The number of amides is 1. The van der Waals surface area contributed by atoms with Gasteiger partial charge in [-0.05, 0) is 32.9 Å². The van der Waals surface area contributed by atoms with Crippen LogP contribution >= 0.6 is 24.0 Å². The van der Waals surface area contributed by atoms with Crippen LogP contribution in [0.4, 0.5) is 4.79 Å². The van der Waals surface area contributed by atoms with E-state index < -0.39 is 11.7 Å². The second-order valence-corrected chi connectivity index (χ2v) is 6.65. The molecule has 1 amide bonds. The van der Waals surface area contributed by atoms with Crippen molar-refractivity contribution >= 4 is 41.7 Å². The average Bonchev–Trinajstić information content (AvgIpc) is 2.99. The predicted octanol–water partition coefficient (Wildman–Crippen LogP) is 1.58. The van der Waals surface area contributed by atoms with Gasteiger partial charge in [-0.1, -0.05) is 6.07 Å². The number of fused-ring (bicyclic) bond motifs is 1. The zero-order valence-corrected chi connectivity index (χ0v) is 18.5. The number of hydrogen-bond acceptors (Lipinski definition) is 5. The van der Waals surface area contributed by atoms with Gasteiger partial charge in [-0.3, -0.25) is 9.39 Å². The Morgan fingerprint density at radius 1 is 1.15 bits per heavy atom. The Labute approximate surface area is 176 Å². The van der Waals surface area contributed by atoms with E-state index in [4.69, 9.17) is 4.74 Å². The van der Waals surface area contributed by atoms with Crippen LogP contribution in [0, 0.1) is 0 Å². The molecule has 0 radical (unpaired) electrons. The van der Waals surface area contributed by atoms with E-state index in [1.54, 1.807) is 7.05 Å². The average molecular weight is 489 g/mol. The zero-order chi connectivity index (χ0) is 19.0. The number of aromatic nitrogens is 3. The number of alkyl carbamates (subject to hydrolysis) is 1. The first-order valence-corrected chi connectivity index (χ1v) is 8.59. The van der Waals surface area contributed by atoms with Crippen LogP contribution in [0.2, 0.25) is 0 Å². The molecule has 0 spiro atoms. The number of guanidine groups is 1. The number of carbonyl (C=O) groups is 1. The number of carbonyl (C=O) groups excluding carboxylic acids is 1. The van der Waals surface area contributed by atoms with Crippen LogP contribution in [0.1, 0.15) is 26.6 Å². The number of hydrogen-bond donors (Lipinski definition) is 3. The van der Waals surface area contributed by atoms with Crippen molar-refractivity contribution < 1.29 is 9.53 Å². The molecule has 2 rings (SSSR count). The van der Waals surface area contributed by atoms with Crippen molar-refractivity contribution in [3.05, 3.63) is 30.2 Å². The van der Waals surface area contributed by atoms with E-state index in [1.807, 2.05) is 49.6 Å². The molecule has 150 valence electrons. The van der Waals surface area contributed by atoms with Crippen LogP contribution in [0.25, 0.3) is 5.65 Å². The second-order valence-electron chi connectivity index (χ2n) is 6.65. The van der Waals surface area contributed by atoms with Crippen molar-refractivity contribution in [2.75, 3.05) is 26.7 Å². The van der Waals surface area contributed by atoms with Crippen molar-refractivity contribution in [3.8, 4) is 0 Å². The maximum absolute atomic E-state index is 11.6. The molecule has 0 saturated carbocycles. The summed E-state index contributed by atoms with van der Waals surface area (Å²) >= 11 is 0. The Bertz CT molecular complexity index is 755. The minimum Gasteiger partial charge on any atom is -0.444 e. The SMILES string of the molecule is CN=C(NCCNC(=O)OC(C)(C)C)NCCc1nnc2ccccn12.I. The molecule has 2 heterocycles. The third-order valence-electron chi connectivity index (χ3n) is 3.33. The van der Waals surface area contributed by atoms with Crippen LogP contribution in [0.15, 0.2) is 29.4 Å². The summed E-state index contributed by atoms with van der Waals surface area (Å²) in [5, 5.41) is 17.4. The standard InChI is InChI=1S/C17H27N7O2.HI/c1-17(2,3)26-16(25)21-11-10-20-15(18-4)19-9-8-14-23-22-13-7-5-6-12-24(13)14;/h5-7,12H,8-11H2,1-4H3,(H,21,25)(H2,18,19,20);1H. The van der Waals surface area contributed by atoms with Gasteiger partial charge in [-0.25, -0.2) is 4.79 Å². The minimum atomic E-state index is -0.499. The summed E-state index contributed by atoms with van der Waals surface area (Å²) in [7, 11) is 1.70. The molecule has 0 unspecified atom stereocenters. The van der Waals surface area contributed by atoms with E-state index in [-0.39, 0.29) is 24.0 Å². The van der Waals surface area contributed by atoms with Crippen LogP contribution in [0.3, 0.4) is 0 Å². The Hall–Kier alpha value is -2.11. The van der Waals surface area contributed by atoms with Crippen LogP contribution in [0.5, 0.6) is 0 Å². The first-order chi connectivity index (χ1) is 12.4. The van der Waals surface area contributed by atoms with Gasteiger partial charge in [-0.15, -0.1) is 34.2 Å². The normalized spacial score (nSPS) is 11.6. The number of pyridine rings is 1. The van der Waals surface area contributed by atoms with Crippen molar-refractivity contribution in [2.45, 2.75) is 32.8 Å². The second kappa shape index (κ2) is 10.9. The van der Waals surface area contributed by atoms with Gasteiger partial charge in [0.05, 0.1) is 0 Å². The minimum absolute atomic E-state index is 0. The van der Waals surface area contributed by atoms with Crippen LogP contribution in [-0.2, 0) is 11.2 Å². The molecule has 0 aromatic carbocycles. The summed E-state index contributed by atoms with van der Waals surface area (Å²) < 4.78 is 7.13. The molecule has 27 heavy (non-hydrogen) atoms. The van der Waals surface area contributed by atoms with Gasteiger partial charge in [0, 0.05) is 39.3 Å². The highest BCUT2D eigenvalue weighted by Crippen LogP contribution is 2.06. The molecule has 0 saturated heterocycles. The van der Waals surface area contributed by atoms with Gasteiger partial charge in [0.1, 0.15) is 11.4 Å². The Balaban J connectivity index is 0.00000364. The third kappa shape index (κ3) is 7.97. The fourth-order valence-electron chi connectivity index (χ4n) is 2.23. The highest BCUT2D eigenvalue weighted by atomic mass is 127. The molecule has 2 aromatic heterocycles. The lowest BCUT2D eigenvalue weighted by molar-refractivity contribution is 0.0529. The molecule has 0 atom stereocenters. The molecular formula is C17H28IN7O2. The number of ether oxygens (including phenoxy) is 1. The summed E-state index contributed by atoms with van der Waals surface area (Å²) in [5.74, 6) is 1.54. The predicted molar refractivity (Wildman–Crippen MR) is 116 cm³/mol.